The first-order valence-electron chi connectivity index (χ1n) is 9.60. The van der Waals surface area contributed by atoms with Crippen LogP contribution in [0.5, 0.6) is 11.5 Å². The van der Waals surface area contributed by atoms with Crippen LogP contribution in [-0.2, 0) is 11.3 Å². The van der Waals surface area contributed by atoms with E-state index in [4.69, 9.17) is 9.47 Å². The lowest BCUT2D eigenvalue weighted by molar-refractivity contribution is 0.331. The largest absolute Gasteiger partial charge is 0.497 e. The quantitative estimate of drug-likeness (QED) is 0.387. The summed E-state index contributed by atoms with van der Waals surface area (Å²) in [5, 5.41) is 4.33. The van der Waals surface area contributed by atoms with Crippen LogP contribution in [0.1, 0.15) is 12.5 Å². The highest BCUT2D eigenvalue weighted by Crippen LogP contribution is 2.34. The standard InChI is InChI=1S/C23H19F2N3O4/c1-3-32-22-21(26-14-29)20(16-7-10-18(31-2)11-8-16)27-28(23(22)30)12-4-5-15-6-9-17(24)13-19(15)25/h4-11,13H,3,12H2,1-2H3. The summed E-state index contributed by atoms with van der Waals surface area (Å²) in [6.07, 6.45) is 4.34. The number of benzene rings is 2. The lowest BCUT2D eigenvalue weighted by atomic mass is 10.1. The number of hydrogen-bond acceptors (Lipinski definition) is 6. The van der Waals surface area contributed by atoms with Crippen molar-refractivity contribution in [2.24, 2.45) is 4.99 Å². The molecule has 1 heterocycles. The van der Waals surface area contributed by atoms with E-state index < -0.39 is 17.2 Å². The minimum absolute atomic E-state index is 0.0377. The fourth-order valence-electron chi connectivity index (χ4n) is 2.95. The molecule has 3 rings (SSSR count). The van der Waals surface area contributed by atoms with Gasteiger partial charge in [0.2, 0.25) is 11.8 Å². The zero-order chi connectivity index (χ0) is 23.1. The third-order valence-corrected chi connectivity index (χ3v) is 4.44. The Kier molecular flexibility index (Phi) is 7.25. The molecule has 0 saturated carbocycles. The maximum Gasteiger partial charge on any atom is 0.311 e. The van der Waals surface area contributed by atoms with Gasteiger partial charge in [-0.1, -0.05) is 12.2 Å². The summed E-state index contributed by atoms with van der Waals surface area (Å²) >= 11 is 0. The van der Waals surface area contributed by atoms with Gasteiger partial charge in [-0.3, -0.25) is 4.79 Å². The second-order valence-electron chi connectivity index (χ2n) is 6.45. The second-order valence-corrected chi connectivity index (χ2v) is 6.45. The lowest BCUT2D eigenvalue weighted by Gasteiger charge is -2.13. The monoisotopic (exact) mass is 439 g/mol. The highest BCUT2D eigenvalue weighted by atomic mass is 19.1. The minimum Gasteiger partial charge on any atom is -0.497 e. The number of allylic oxidation sites excluding steroid dienone is 1. The Bertz CT molecular complexity index is 1250. The molecule has 32 heavy (non-hydrogen) atoms. The Morgan fingerprint density at radius 3 is 2.56 bits per heavy atom. The smallest absolute Gasteiger partial charge is 0.311 e. The van der Waals surface area contributed by atoms with Crippen molar-refractivity contribution in [3.05, 3.63) is 76.1 Å². The molecule has 0 unspecified atom stereocenters. The van der Waals surface area contributed by atoms with E-state index >= 15 is 0 Å². The maximum atomic E-state index is 13.9. The molecule has 9 heteroatoms. The number of carbonyl (C=O) groups excluding carboxylic acids is 1. The molecule has 0 aliphatic rings. The molecule has 0 spiro atoms. The van der Waals surface area contributed by atoms with Gasteiger partial charge in [-0.15, -0.1) is 0 Å². The summed E-state index contributed by atoms with van der Waals surface area (Å²) in [7, 11) is 1.53. The summed E-state index contributed by atoms with van der Waals surface area (Å²) < 4.78 is 38.7. The molecule has 3 aromatic rings. The zero-order valence-electron chi connectivity index (χ0n) is 17.3. The van der Waals surface area contributed by atoms with Gasteiger partial charge in [0.15, 0.2) is 5.69 Å². The number of aromatic nitrogens is 2. The number of isocyanates is 1. The molecule has 0 radical (unpaired) electrons. The van der Waals surface area contributed by atoms with Crippen molar-refractivity contribution in [3.8, 4) is 22.8 Å². The first-order chi connectivity index (χ1) is 15.5. The van der Waals surface area contributed by atoms with E-state index in [9.17, 15) is 18.4 Å². The van der Waals surface area contributed by atoms with Gasteiger partial charge in [0.25, 0.3) is 0 Å². The van der Waals surface area contributed by atoms with E-state index in [0.29, 0.717) is 11.3 Å². The van der Waals surface area contributed by atoms with Crippen LogP contribution in [0, 0.1) is 11.6 Å². The van der Waals surface area contributed by atoms with Crippen LogP contribution in [0.3, 0.4) is 0 Å². The van der Waals surface area contributed by atoms with Crippen molar-refractivity contribution >= 4 is 17.8 Å². The van der Waals surface area contributed by atoms with Gasteiger partial charge in [0, 0.05) is 17.2 Å². The second kappa shape index (κ2) is 10.3. The first kappa shape index (κ1) is 22.6. The van der Waals surface area contributed by atoms with Gasteiger partial charge in [-0.25, -0.2) is 18.3 Å². The third-order valence-electron chi connectivity index (χ3n) is 4.44. The molecule has 2 aromatic carbocycles. The fourth-order valence-corrected chi connectivity index (χ4v) is 2.95. The Labute approximate surface area is 182 Å². The lowest BCUT2D eigenvalue weighted by Crippen LogP contribution is -2.25. The summed E-state index contributed by atoms with van der Waals surface area (Å²) in [6, 6.07) is 9.96. The zero-order valence-corrected chi connectivity index (χ0v) is 17.3. The fraction of sp³-hybridized carbons (Fsp3) is 0.174. The van der Waals surface area contributed by atoms with Crippen LogP contribution in [0.25, 0.3) is 17.3 Å². The highest BCUT2D eigenvalue weighted by Gasteiger charge is 2.20. The molecule has 0 bridgehead atoms. The number of halogens is 2. The highest BCUT2D eigenvalue weighted by molar-refractivity contribution is 5.77. The van der Waals surface area contributed by atoms with Crippen LogP contribution in [-0.4, -0.2) is 29.6 Å². The molecule has 0 saturated heterocycles. The normalized spacial score (nSPS) is 10.8. The number of methoxy groups -OCH3 is 1. The molecule has 1 aromatic heterocycles. The van der Waals surface area contributed by atoms with Crippen LogP contribution in [0.15, 0.2) is 58.3 Å². The molecule has 0 atom stereocenters. The van der Waals surface area contributed by atoms with Gasteiger partial charge >= 0.3 is 5.56 Å². The van der Waals surface area contributed by atoms with Crippen molar-refractivity contribution in [1.82, 2.24) is 9.78 Å². The van der Waals surface area contributed by atoms with Crippen LogP contribution < -0.4 is 15.0 Å². The Morgan fingerprint density at radius 2 is 1.94 bits per heavy atom. The van der Waals surface area contributed by atoms with Gasteiger partial charge in [-0.2, -0.15) is 10.1 Å². The molecular formula is C23H19F2N3O4. The minimum atomic E-state index is -0.730. The van der Waals surface area contributed by atoms with E-state index in [2.05, 4.69) is 10.1 Å². The first-order valence-corrected chi connectivity index (χ1v) is 9.60. The van der Waals surface area contributed by atoms with Gasteiger partial charge in [-0.05, 0) is 43.3 Å². The molecule has 7 nitrogen and oxygen atoms in total. The summed E-state index contributed by atoms with van der Waals surface area (Å²) in [6.45, 7) is 1.80. The van der Waals surface area contributed by atoms with Gasteiger partial charge in [0.1, 0.15) is 23.1 Å². The Morgan fingerprint density at radius 1 is 1.19 bits per heavy atom. The van der Waals surface area contributed by atoms with Crippen LogP contribution in [0.2, 0.25) is 0 Å². The van der Waals surface area contributed by atoms with E-state index in [-0.39, 0.29) is 35.8 Å². The van der Waals surface area contributed by atoms with Crippen molar-refractivity contribution in [3.63, 3.8) is 0 Å². The average Bonchev–Trinajstić information content (AvgIpc) is 2.79. The van der Waals surface area contributed by atoms with E-state index in [1.165, 1.54) is 31.4 Å². The predicted molar refractivity (Wildman–Crippen MR) is 115 cm³/mol. The molecule has 164 valence electrons. The van der Waals surface area contributed by atoms with Gasteiger partial charge in [0.05, 0.1) is 20.3 Å². The van der Waals surface area contributed by atoms with E-state index in [0.717, 1.165) is 16.8 Å². The topological polar surface area (TPSA) is 82.8 Å². The van der Waals surface area contributed by atoms with Crippen molar-refractivity contribution in [1.29, 1.82) is 0 Å². The molecule has 0 aliphatic heterocycles. The predicted octanol–water partition coefficient (Wildman–Crippen LogP) is 4.28. The average molecular weight is 439 g/mol. The summed E-state index contributed by atoms with van der Waals surface area (Å²) in [5.41, 5.74) is 0.273. The molecular weight excluding hydrogens is 420 g/mol. The van der Waals surface area contributed by atoms with E-state index in [1.807, 2.05) is 0 Å². The number of rotatable bonds is 8. The number of nitrogens with zero attached hydrogens (tertiary/aromatic N) is 3. The SMILES string of the molecule is CCOc1c(N=C=O)c(-c2ccc(OC)cc2)nn(CC=Cc2ccc(F)cc2F)c1=O. The number of aliphatic imine (C=N–C) groups is 1. The Hall–Kier alpha value is -4.10. The Balaban J connectivity index is 2.08. The number of hydrogen-bond donors (Lipinski definition) is 0. The van der Waals surface area contributed by atoms with Crippen molar-refractivity contribution < 1.29 is 23.0 Å². The maximum absolute atomic E-state index is 13.9. The third kappa shape index (κ3) is 4.96. The van der Waals surface area contributed by atoms with E-state index in [1.54, 1.807) is 31.2 Å². The van der Waals surface area contributed by atoms with Crippen LogP contribution in [0.4, 0.5) is 14.5 Å². The molecule has 0 fully saturated rings. The van der Waals surface area contributed by atoms with Gasteiger partial charge < -0.3 is 9.47 Å². The summed E-state index contributed by atoms with van der Waals surface area (Å²) in [5.74, 6) is -0.963. The van der Waals surface area contributed by atoms with Crippen molar-refractivity contribution in [2.45, 2.75) is 13.5 Å². The van der Waals surface area contributed by atoms with Crippen LogP contribution >= 0.6 is 0 Å². The molecule has 0 aliphatic carbocycles. The molecule has 0 amide bonds. The summed E-state index contributed by atoms with van der Waals surface area (Å²) in [4.78, 5) is 27.6. The number of ether oxygens (including phenoxy) is 2. The molecule has 0 N–H and O–H groups in total. The van der Waals surface area contributed by atoms with Crippen molar-refractivity contribution in [2.75, 3.05) is 13.7 Å².